The molecule has 4 nitrogen and oxygen atoms in total. The fourth-order valence-corrected chi connectivity index (χ4v) is 4.45. The van der Waals surface area contributed by atoms with E-state index in [4.69, 9.17) is 4.74 Å². The van der Waals surface area contributed by atoms with Crippen molar-refractivity contribution >= 4 is 16.8 Å². The van der Waals surface area contributed by atoms with Crippen LogP contribution in [-0.2, 0) is 4.79 Å². The average molecular weight is 326 g/mol. The van der Waals surface area contributed by atoms with Crippen molar-refractivity contribution in [3.8, 4) is 5.75 Å². The third-order valence-electron chi connectivity index (χ3n) is 5.80. The molecule has 0 spiro atoms. The van der Waals surface area contributed by atoms with Gasteiger partial charge in [-0.3, -0.25) is 4.79 Å². The van der Waals surface area contributed by atoms with Crippen molar-refractivity contribution in [1.29, 1.82) is 0 Å². The molecular weight excluding hydrogens is 300 g/mol. The fraction of sp³-hybridized carbons (Fsp3) is 0.550. The van der Waals surface area contributed by atoms with Crippen molar-refractivity contribution in [2.45, 2.75) is 44.4 Å². The minimum Gasteiger partial charge on any atom is -0.497 e. The monoisotopic (exact) mass is 326 g/mol. The SMILES string of the molecule is COc1ccc2[nH]cc([C@@H]3CCCN(C(=O)C4CCCC4)C3)c2c1. The molecule has 2 fully saturated rings. The number of ether oxygens (including phenoxy) is 1. The molecule has 2 heterocycles. The Bertz CT molecular complexity index is 730. The highest BCUT2D eigenvalue weighted by Crippen LogP contribution is 2.35. The highest BCUT2D eigenvalue weighted by Gasteiger charge is 2.31. The van der Waals surface area contributed by atoms with E-state index in [1.165, 1.54) is 23.8 Å². The summed E-state index contributed by atoms with van der Waals surface area (Å²) >= 11 is 0. The molecule has 24 heavy (non-hydrogen) atoms. The largest absolute Gasteiger partial charge is 0.497 e. The lowest BCUT2D eigenvalue weighted by atomic mass is 9.89. The van der Waals surface area contributed by atoms with E-state index >= 15 is 0 Å². The zero-order valence-electron chi connectivity index (χ0n) is 14.4. The second kappa shape index (κ2) is 6.50. The molecule has 1 aromatic carbocycles. The number of aromatic nitrogens is 1. The highest BCUT2D eigenvalue weighted by atomic mass is 16.5. The summed E-state index contributed by atoms with van der Waals surface area (Å²) in [5.74, 6) is 1.99. The molecule has 4 rings (SSSR count). The van der Waals surface area contributed by atoms with E-state index in [1.54, 1.807) is 7.11 Å². The number of nitrogens with one attached hydrogen (secondary N) is 1. The van der Waals surface area contributed by atoms with E-state index in [0.29, 0.717) is 11.8 Å². The van der Waals surface area contributed by atoms with E-state index < -0.39 is 0 Å². The number of hydrogen-bond acceptors (Lipinski definition) is 2. The number of hydrogen-bond donors (Lipinski definition) is 1. The van der Waals surface area contributed by atoms with Crippen LogP contribution >= 0.6 is 0 Å². The quantitative estimate of drug-likeness (QED) is 0.924. The number of methoxy groups -OCH3 is 1. The molecular formula is C20H26N2O2. The maximum atomic E-state index is 12.8. The zero-order valence-corrected chi connectivity index (χ0v) is 14.4. The Morgan fingerprint density at radius 2 is 2.04 bits per heavy atom. The Kier molecular flexibility index (Phi) is 4.21. The number of carbonyl (C=O) groups is 1. The lowest BCUT2D eigenvalue weighted by molar-refractivity contribution is -0.136. The Balaban J connectivity index is 1.56. The predicted octanol–water partition coefficient (Wildman–Crippen LogP) is 4.07. The van der Waals surface area contributed by atoms with E-state index in [0.717, 1.165) is 50.0 Å². The van der Waals surface area contributed by atoms with Gasteiger partial charge in [0.2, 0.25) is 5.91 Å². The lowest BCUT2D eigenvalue weighted by Crippen LogP contribution is -2.41. The predicted molar refractivity (Wildman–Crippen MR) is 95.4 cm³/mol. The number of H-pyrrole nitrogens is 1. The molecule has 4 heteroatoms. The first-order valence-corrected chi connectivity index (χ1v) is 9.20. The van der Waals surface area contributed by atoms with Crippen LogP contribution in [0.3, 0.4) is 0 Å². The summed E-state index contributed by atoms with van der Waals surface area (Å²) in [4.78, 5) is 18.3. The fourth-order valence-electron chi connectivity index (χ4n) is 4.45. The summed E-state index contributed by atoms with van der Waals surface area (Å²) in [6, 6.07) is 6.17. The van der Waals surface area contributed by atoms with Crippen LogP contribution < -0.4 is 4.74 Å². The van der Waals surface area contributed by atoms with E-state index in [-0.39, 0.29) is 5.92 Å². The first-order valence-electron chi connectivity index (χ1n) is 9.20. The van der Waals surface area contributed by atoms with Gasteiger partial charge in [-0.15, -0.1) is 0 Å². The number of amides is 1. The highest BCUT2D eigenvalue weighted by molar-refractivity contribution is 5.85. The first-order chi connectivity index (χ1) is 11.8. The summed E-state index contributed by atoms with van der Waals surface area (Å²) in [7, 11) is 1.70. The molecule has 1 saturated carbocycles. The van der Waals surface area contributed by atoms with Crippen LogP contribution in [0.15, 0.2) is 24.4 Å². The second-order valence-electron chi connectivity index (χ2n) is 7.26. The molecule has 2 aromatic rings. The van der Waals surface area contributed by atoms with Crippen LogP contribution in [0, 0.1) is 5.92 Å². The van der Waals surface area contributed by atoms with Crippen LogP contribution in [0.25, 0.3) is 10.9 Å². The molecule has 0 unspecified atom stereocenters. The third kappa shape index (κ3) is 2.79. The maximum absolute atomic E-state index is 12.8. The van der Waals surface area contributed by atoms with Crippen LogP contribution in [-0.4, -0.2) is 36.0 Å². The van der Waals surface area contributed by atoms with Crippen LogP contribution in [0.2, 0.25) is 0 Å². The smallest absolute Gasteiger partial charge is 0.225 e. The number of fused-ring (bicyclic) bond motifs is 1. The number of aromatic amines is 1. The third-order valence-corrected chi connectivity index (χ3v) is 5.80. The molecule has 1 amide bonds. The lowest BCUT2D eigenvalue weighted by Gasteiger charge is -2.34. The van der Waals surface area contributed by atoms with Crippen molar-refractivity contribution < 1.29 is 9.53 Å². The van der Waals surface area contributed by atoms with Gasteiger partial charge in [-0.1, -0.05) is 12.8 Å². The van der Waals surface area contributed by atoms with Crippen LogP contribution in [0.1, 0.15) is 50.0 Å². The number of piperidine rings is 1. The number of nitrogens with zero attached hydrogens (tertiary/aromatic N) is 1. The van der Waals surface area contributed by atoms with Gasteiger partial charge in [0.1, 0.15) is 5.75 Å². The van der Waals surface area contributed by atoms with Gasteiger partial charge in [0.25, 0.3) is 0 Å². The average Bonchev–Trinajstić information content (AvgIpc) is 3.30. The second-order valence-corrected chi connectivity index (χ2v) is 7.26. The zero-order chi connectivity index (χ0) is 16.5. The van der Waals surface area contributed by atoms with Gasteiger partial charge < -0.3 is 14.6 Å². The van der Waals surface area contributed by atoms with E-state index in [9.17, 15) is 4.79 Å². The minimum atomic E-state index is 0.284. The molecule has 2 aliphatic rings. The summed E-state index contributed by atoms with van der Waals surface area (Å²) in [6.45, 7) is 1.79. The summed E-state index contributed by atoms with van der Waals surface area (Å²) < 4.78 is 5.38. The Hall–Kier alpha value is -1.97. The van der Waals surface area contributed by atoms with Gasteiger partial charge in [-0.2, -0.15) is 0 Å². The Morgan fingerprint density at radius 3 is 2.83 bits per heavy atom. The number of carbonyl (C=O) groups excluding carboxylic acids is 1. The first kappa shape index (κ1) is 15.6. The molecule has 1 aliphatic carbocycles. The molecule has 1 N–H and O–H groups in total. The van der Waals surface area contributed by atoms with Gasteiger partial charge in [0, 0.05) is 42.0 Å². The molecule has 1 aromatic heterocycles. The number of benzene rings is 1. The molecule has 1 aliphatic heterocycles. The van der Waals surface area contributed by atoms with Crippen LogP contribution in [0.4, 0.5) is 0 Å². The molecule has 0 radical (unpaired) electrons. The summed E-state index contributed by atoms with van der Waals surface area (Å²) in [5.41, 5.74) is 2.47. The van der Waals surface area contributed by atoms with Crippen molar-refractivity contribution in [2.75, 3.05) is 20.2 Å². The molecule has 1 atom stereocenters. The maximum Gasteiger partial charge on any atom is 0.225 e. The minimum absolute atomic E-state index is 0.284. The molecule has 0 bridgehead atoms. The van der Waals surface area contributed by atoms with Gasteiger partial charge in [-0.05, 0) is 49.4 Å². The Morgan fingerprint density at radius 1 is 1.21 bits per heavy atom. The topological polar surface area (TPSA) is 45.3 Å². The number of likely N-dealkylation sites (tertiary alicyclic amines) is 1. The number of rotatable bonds is 3. The van der Waals surface area contributed by atoms with Crippen molar-refractivity contribution in [3.05, 3.63) is 30.0 Å². The van der Waals surface area contributed by atoms with Gasteiger partial charge in [0.05, 0.1) is 7.11 Å². The van der Waals surface area contributed by atoms with Crippen LogP contribution in [0.5, 0.6) is 5.75 Å². The van der Waals surface area contributed by atoms with E-state index in [2.05, 4.69) is 28.2 Å². The van der Waals surface area contributed by atoms with Gasteiger partial charge in [-0.25, -0.2) is 0 Å². The standard InChI is InChI=1S/C20H26N2O2/c1-24-16-8-9-19-17(11-16)18(12-21-19)15-7-4-10-22(13-15)20(23)14-5-2-3-6-14/h8-9,11-12,14-15,21H,2-7,10,13H2,1H3/t15-/m1/s1. The van der Waals surface area contributed by atoms with E-state index in [1.807, 2.05) is 6.07 Å². The summed E-state index contributed by atoms with van der Waals surface area (Å²) in [6.07, 6.45) is 8.98. The van der Waals surface area contributed by atoms with Gasteiger partial charge >= 0.3 is 0 Å². The Labute approximate surface area is 143 Å². The molecule has 1 saturated heterocycles. The summed E-state index contributed by atoms with van der Waals surface area (Å²) in [5, 5.41) is 1.23. The van der Waals surface area contributed by atoms with Gasteiger partial charge in [0.15, 0.2) is 0 Å². The normalized spacial score (nSPS) is 22.2. The molecule has 128 valence electrons. The van der Waals surface area contributed by atoms with Crippen molar-refractivity contribution in [1.82, 2.24) is 9.88 Å². The van der Waals surface area contributed by atoms with Crippen molar-refractivity contribution in [2.24, 2.45) is 5.92 Å². The van der Waals surface area contributed by atoms with Crippen molar-refractivity contribution in [3.63, 3.8) is 0 Å².